The highest BCUT2D eigenvalue weighted by molar-refractivity contribution is 5.98. The van der Waals surface area contributed by atoms with Gasteiger partial charge in [-0.2, -0.15) is 0 Å². The Balaban J connectivity index is 1.32. The Hall–Kier alpha value is -3.22. The van der Waals surface area contributed by atoms with E-state index in [9.17, 15) is 9.59 Å². The maximum Gasteiger partial charge on any atom is 0.338 e. The predicted octanol–water partition coefficient (Wildman–Crippen LogP) is 3.86. The minimum Gasteiger partial charge on any atom is -0.449 e. The second kappa shape index (κ2) is 9.73. The molecule has 1 atom stereocenters. The van der Waals surface area contributed by atoms with Gasteiger partial charge in [0.05, 0.1) is 18.8 Å². The molecule has 1 amide bonds. The summed E-state index contributed by atoms with van der Waals surface area (Å²) in [4.78, 5) is 27.3. The van der Waals surface area contributed by atoms with Crippen LogP contribution in [-0.2, 0) is 20.8 Å². The van der Waals surface area contributed by atoms with Crippen LogP contribution in [0, 0.1) is 0 Å². The third-order valence-electron chi connectivity index (χ3n) is 5.37. The molecule has 0 aliphatic carbocycles. The van der Waals surface area contributed by atoms with E-state index in [1.807, 2.05) is 54.6 Å². The van der Waals surface area contributed by atoms with Crippen LogP contribution in [0.5, 0.6) is 0 Å². The lowest BCUT2D eigenvalue weighted by molar-refractivity contribution is -0.123. The smallest absolute Gasteiger partial charge is 0.338 e. The molecule has 1 saturated heterocycles. The average molecular weight is 418 g/mol. The number of carbonyl (C=O) groups is 2. The molecule has 3 aromatic rings. The van der Waals surface area contributed by atoms with Gasteiger partial charge in [-0.1, -0.05) is 42.5 Å². The number of morpholine rings is 1. The van der Waals surface area contributed by atoms with Crippen molar-refractivity contribution in [2.75, 3.05) is 31.6 Å². The number of benzene rings is 3. The monoisotopic (exact) mass is 418 g/mol. The van der Waals surface area contributed by atoms with E-state index in [0.29, 0.717) is 11.3 Å². The van der Waals surface area contributed by atoms with E-state index < -0.39 is 12.1 Å². The van der Waals surface area contributed by atoms with Crippen LogP contribution in [0.1, 0.15) is 22.8 Å². The maximum atomic E-state index is 12.5. The van der Waals surface area contributed by atoms with Gasteiger partial charge in [-0.05, 0) is 47.5 Å². The normalized spacial score (nSPS) is 15.4. The third-order valence-corrected chi connectivity index (χ3v) is 5.37. The van der Waals surface area contributed by atoms with Gasteiger partial charge in [-0.15, -0.1) is 0 Å². The highest BCUT2D eigenvalue weighted by Gasteiger charge is 2.19. The molecule has 1 aliphatic rings. The molecule has 1 aliphatic heterocycles. The quantitative estimate of drug-likeness (QED) is 0.616. The van der Waals surface area contributed by atoms with Crippen LogP contribution in [-0.4, -0.2) is 49.2 Å². The lowest BCUT2D eigenvalue weighted by Gasteiger charge is -2.26. The van der Waals surface area contributed by atoms with Crippen molar-refractivity contribution in [1.82, 2.24) is 4.90 Å². The molecule has 3 aromatic carbocycles. The Bertz CT molecular complexity index is 1060. The molecule has 0 radical (unpaired) electrons. The fraction of sp³-hybridized carbons (Fsp3) is 0.280. The van der Waals surface area contributed by atoms with Crippen LogP contribution in [0.4, 0.5) is 5.69 Å². The lowest BCUT2D eigenvalue weighted by atomic mass is 10.1. The van der Waals surface area contributed by atoms with Crippen LogP contribution < -0.4 is 5.32 Å². The van der Waals surface area contributed by atoms with Crippen molar-refractivity contribution in [3.63, 3.8) is 0 Å². The molecule has 6 heteroatoms. The van der Waals surface area contributed by atoms with Crippen molar-refractivity contribution >= 4 is 28.3 Å². The fourth-order valence-corrected chi connectivity index (χ4v) is 3.56. The number of hydrogen-bond acceptors (Lipinski definition) is 5. The first kappa shape index (κ1) is 21.0. The number of amides is 1. The number of ether oxygens (including phenoxy) is 2. The van der Waals surface area contributed by atoms with Crippen molar-refractivity contribution in [1.29, 1.82) is 0 Å². The summed E-state index contributed by atoms with van der Waals surface area (Å²) < 4.78 is 10.7. The summed E-state index contributed by atoms with van der Waals surface area (Å²) >= 11 is 0. The zero-order valence-corrected chi connectivity index (χ0v) is 17.5. The van der Waals surface area contributed by atoms with E-state index in [2.05, 4.69) is 10.2 Å². The molecule has 6 nitrogen and oxygen atoms in total. The van der Waals surface area contributed by atoms with Crippen LogP contribution in [0.15, 0.2) is 66.7 Å². The molecule has 0 spiro atoms. The number of anilines is 1. The van der Waals surface area contributed by atoms with Gasteiger partial charge >= 0.3 is 5.97 Å². The summed E-state index contributed by atoms with van der Waals surface area (Å²) in [6, 6.07) is 20.9. The minimum atomic E-state index is -0.910. The Morgan fingerprint density at radius 1 is 1.00 bits per heavy atom. The van der Waals surface area contributed by atoms with Gasteiger partial charge in [0.2, 0.25) is 0 Å². The number of rotatable bonds is 6. The van der Waals surface area contributed by atoms with Crippen LogP contribution in [0.3, 0.4) is 0 Å². The van der Waals surface area contributed by atoms with Gasteiger partial charge in [0.25, 0.3) is 5.91 Å². The molecular formula is C25H26N2O4. The van der Waals surface area contributed by atoms with Gasteiger partial charge in [-0.25, -0.2) is 4.79 Å². The highest BCUT2D eigenvalue weighted by atomic mass is 16.5. The molecule has 1 N–H and O–H groups in total. The van der Waals surface area contributed by atoms with Gasteiger partial charge < -0.3 is 14.8 Å². The van der Waals surface area contributed by atoms with Crippen molar-refractivity contribution in [2.24, 2.45) is 0 Å². The van der Waals surface area contributed by atoms with Crippen molar-refractivity contribution in [3.05, 3.63) is 77.9 Å². The molecule has 31 heavy (non-hydrogen) atoms. The minimum absolute atomic E-state index is 0.368. The topological polar surface area (TPSA) is 67.9 Å². The van der Waals surface area contributed by atoms with Crippen LogP contribution in [0.25, 0.3) is 10.8 Å². The SMILES string of the molecule is C[C@H](OC(=O)c1ccc(CN2CCOCC2)cc1)C(=O)Nc1ccc2ccccc2c1. The second-order valence-corrected chi connectivity index (χ2v) is 7.68. The van der Waals surface area contributed by atoms with E-state index in [1.54, 1.807) is 19.1 Å². The summed E-state index contributed by atoms with van der Waals surface area (Å²) in [7, 11) is 0. The molecule has 4 rings (SSSR count). The second-order valence-electron chi connectivity index (χ2n) is 7.68. The van der Waals surface area contributed by atoms with E-state index in [-0.39, 0.29) is 5.91 Å². The fourth-order valence-electron chi connectivity index (χ4n) is 3.56. The zero-order chi connectivity index (χ0) is 21.6. The van der Waals surface area contributed by atoms with E-state index >= 15 is 0 Å². The first-order valence-corrected chi connectivity index (χ1v) is 10.5. The Labute approximate surface area is 181 Å². The van der Waals surface area contributed by atoms with Crippen molar-refractivity contribution < 1.29 is 19.1 Å². The molecule has 0 unspecified atom stereocenters. The number of hydrogen-bond donors (Lipinski definition) is 1. The molecular weight excluding hydrogens is 392 g/mol. The summed E-state index contributed by atoms with van der Waals surface area (Å²) in [5, 5.41) is 4.94. The van der Waals surface area contributed by atoms with E-state index in [4.69, 9.17) is 9.47 Å². The molecule has 1 heterocycles. The number of nitrogens with one attached hydrogen (secondary N) is 1. The molecule has 0 bridgehead atoms. The zero-order valence-electron chi connectivity index (χ0n) is 17.5. The lowest BCUT2D eigenvalue weighted by Crippen LogP contribution is -2.35. The van der Waals surface area contributed by atoms with Crippen molar-refractivity contribution in [3.8, 4) is 0 Å². The summed E-state index contributed by atoms with van der Waals surface area (Å²) in [5.74, 6) is -0.883. The summed E-state index contributed by atoms with van der Waals surface area (Å²) in [5.41, 5.74) is 2.22. The Kier molecular flexibility index (Phi) is 6.60. The standard InChI is InChI=1S/C25H26N2O4/c1-18(24(28)26-23-11-10-20-4-2-3-5-22(20)16-23)31-25(29)21-8-6-19(7-9-21)17-27-12-14-30-15-13-27/h2-11,16,18H,12-15,17H2,1H3,(H,26,28)/t18-/m0/s1. The molecule has 1 fully saturated rings. The van der Waals surface area contributed by atoms with E-state index in [1.165, 1.54) is 0 Å². The maximum absolute atomic E-state index is 12.5. The van der Waals surface area contributed by atoms with E-state index in [0.717, 1.165) is 49.2 Å². The predicted molar refractivity (Wildman–Crippen MR) is 120 cm³/mol. The molecule has 0 aromatic heterocycles. The largest absolute Gasteiger partial charge is 0.449 e. The number of nitrogens with zero attached hydrogens (tertiary/aromatic N) is 1. The number of carbonyl (C=O) groups excluding carboxylic acids is 2. The first-order chi connectivity index (χ1) is 15.1. The summed E-state index contributed by atoms with van der Waals surface area (Å²) in [6.07, 6.45) is -0.910. The van der Waals surface area contributed by atoms with Crippen molar-refractivity contribution in [2.45, 2.75) is 19.6 Å². The number of esters is 1. The average Bonchev–Trinajstić information content (AvgIpc) is 2.80. The Morgan fingerprint density at radius 2 is 1.71 bits per heavy atom. The summed E-state index contributed by atoms with van der Waals surface area (Å²) in [6.45, 7) is 5.72. The molecule has 0 saturated carbocycles. The van der Waals surface area contributed by atoms with Gasteiger partial charge in [0.15, 0.2) is 6.10 Å². The highest BCUT2D eigenvalue weighted by Crippen LogP contribution is 2.19. The third kappa shape index (κ3) is 5.48. The van der Waals surface area contributed by atoms with Gasteiger partial charge in [0, 0.05) is 25.3 Å². The Morgan fingerprint density at radius 3 is 2.45 bits per heavy atom. The first-order valence-electron chi connectivity index (χ1n) is 10.5. The number of fused-ring (bicyclic) bond motifs is 1. The van der Waals surface area contributed by atoms with Gasteiger partial charge in [-0.3, -0.25) is 9.69 Å². The molecule has 160 valence electrons. The van der Waals surface area contributed by atoms with Crippen LogP contribution in [0.2, 0.25) is 0 Å². The van der Waals surface area contributed by atoms with Gasteiger partial charge in [0.1, 0.15) is 0 Å². The van der Waals surface area contributed by atoms with Crippen LogP contribution >= 0.6 is 0 Å².